The Labute approximate surface area is 201 Å². The lowest BCUT2D eigenvalue weighted by atomic mass is 10.0. The van der Waals surface area contributed by atoms with Crippen molar-refractivity contribution in [1.29, 1.82) is 0 Å². The van der Waals surface area contributed by atoms with Crippen LogP contribution < -0.4 is 5.32 Å². The number of esters is 1. The SMILES string of the molecule is O=C(Cc1ccccc1)NC1C(=O)N2C(C(=O)OC(c3ccccc3)[N+](=O)[O-])=C(Cl)CS(=O)[C@H]12. The van der Waals surface area contributed by atoms with E-state index in [9.17, 15) is 28.7 Å². The molecule has 0 bridgehead atoms. The van der Waals surface area contributed by atoms with Crippen molar-refractivity contribution in [3.63, 3.8) is 0 Å². The van der Waals surface area contributed by atoms with E-state index >= 15 is 0 Å². The quantitative estimate of drug-likeness (QED) is 0.199. The van der Waals surface area contributed by atoms with Gasteiger partial charge in [-0.15, -0.1) is 0 Å². The van der Waals surface area contributed by atoms with Gasteiger partial charge in [0.25, 0.3) is 5.91 Å². The summed E-state index contributed by atoms with van der Waals surface area (Å²) in [6, 6.07) is 15.3. The van der Waals surface area contributed by atoms with Gasteiger partial charge in [0.15, 0.2) is 0 Å². The summed E-state index contributed by atoms with van der Waals surface area (Å²) in [5.74, 6) is -2.62. The van der Waals surface area contributed by atoms with Crippen molar-refractivity contribution in [3.8, 4) is 0 Å². The number of nitrogens with one attached hydrogen (secondary N) is 1. The summed E-state index contributed by atoms with van der Waals surface area (Å²) in [6.07, 6.45) is -1.81. The zero-order valence-corrected chi connectivity index (χ0v) is 19.0. The summed E-state index contributed by atoms with van der Waals surface area (Å²) < 4.78 is 17.7. The Morgan fingerprint density at radius 3 is 2.41 bits per heavy atom. The summed E-state index contributed by atoms with van der Waals surface area (Å²) in [5, 5.41) is 12.8. The molecule has 176 valence electrons. The fraction of sp³-hybridized carbons (Fsp3) is 0.227. The Hall–Kier alpha value is -3.57. The van der Waals surface area contributed by atoms with E-state index in [0.29, 0.717) is 0 Å². The molecule has 1 saturated heterocycles. The molecule has 2 aromatic rings. The zero-order valence-electron chi connectivity index (χ0n) is 17.5. The number of benzene rings is 2. The number of fused-ring (bicyclic) bond motifs is 1. The van der Waals surface area contributed by atoms with Crippen LogP contribution in [0.1, 0.15) is 17.4 Å². The molecule has 0 aliphatic carbocycles. The minimum atomic E-state index is -1.82. The molecule has 0 spiro atoms. The fourth-order valence-corrected chi connectivity index (χ4v) is 5.72. The van der Waals surface area contributed by atoms with Crippen molar-refractivity contribution in [2.45, 2.75) is 24.1 Å². The van der Waals surface area contributed by atoms with Crippen LogP contribution in [-0.4, -0.2) is 49.0 Å². The maximum absolute atomic E-state index is 12.9. The number of halogens is 1. The molecule has 0 saturated carbocycles. The normalized spacial score (nSPS) is 22.3. The van der Waals surface area contributed by atoms with Crippen LogP contribution in [0.4, 0.5) is 0 Å². The Bertz CT molecular complexity index is 1210. The highest BCUT2D eigenvalue weighted by Crippen LogP contribution is 2.37. The van der Waals surface area contributed by atoms with Gasteiger partial charge in [-0.3, -0.25) is 28.8 Å². The summed E-state index contributed by atoms with van der Waals surface area (Å²) in [6.45, 7) is 0. The Balaban J connectivity index is 1.50. The number of carbonyl (C=O) groups excluding carboxylic acids is 3. The number of carbonyl (C=O) groups is 3. The highest BCUT2D eigenvalue weighted by Gasteiger charge is 2.57. The van der Waals surface area contributed by atoms with Crippen LogP contribution in [0.15, 0.2) is 71.4 Å². The van der Waals surface area contributed by atoms with Gasteiger partial charge >= 0.3 is 12.2 Å². The largest absolute Gasteiger partial charge is 0.389 e. The summed E-state index contributed by atoms with van der Waals surface area (Å²) >= 11 is 6.14. The number of hydrogen-bond acceptors (Lipinski definition) is 7. The lowest BCUT2D eigenvalue weighted by molar-refractivity contribution is -0.575. The van der Waals surface area contributed by atoms with Crippen molar-refractivity contribution in [2.24, 2.45) is 0 Å². The van der Waals surface area contributed by atoms with Crippen LogP contribution in [-0.2, 0) is 36.3 Å². The van der Waals surface area contributed by atoms with Crippen molar-refractivity contribution < 1.29 is 28.3 Å². The smallest absolute Gasteiger partial charge is 0.383 e. The Morgan fingerprint density at radius 1 is 1.18 bits per heavy atom. The molecule has 2 aromatic carbocycles. The monoisotopic (exact) mass is 503 g/mol. The number of nitro groups is 1. The number of rotatable bonds is 7. The van der Waals surface area contributed by atoms with Crippen LogP contribution in [0.2, 0.25) is 0 Å². The van der Waals surface area contributed by atoms with E-state index in [2.05, 4.69) is 5.32 Å². The van der Waals surface area contributed by atoms with Crippen molar-refractivity contribution in [3.05, 3.63) is 92.6 Å². The second-order valence-electron chi connectivity index (χ2n) is 7.54. The van der Waals surface area contributed by atoms with Crippen molar-refractivity contribution in [1.82, 2.24) is 10.2 Å². The molecule has 3 unspecified atom stereocenters. The molecule has 1 fully saturated rings. The molecule has 2 aliphatic heterocycles. The van der Waals surface area contributed by atoms with Gasteiger partial charge in [0.05, 0.1) is 38.5 Å². The number of hydrogen-bond donors (Lipinski definition) is 1. The second-order valence-corrected chi connectivity index (χ2v) is 9.53. The predicted molar refractivity (Wildman–Crippen MR) is 121 cm³/mol. The third kappa shape index (κ3) is 4.57. The maximum atomic E-state index is 12.9. The van der Waals surface area contributed by atoms with Gasteiger partial charge in [-0.05, 0) is 17.7 Å². The molecule has 34 heavy (non-hydrogen) atoms. The van der Waals surface area contributed by atoms with Gasteiger partial charge in [0, 0.05) is 0 Å². The lowest BCUT2D eigenvalue weighted by Crippen LogP contribution is -2.73. The van der Waals surface area contributed by atoms with Gasteiger partial charge < -0.3 is 10.1 Å². The highest BCUT2D eigenvalue weighted by atomic mass is 35.5. The standard InChI is InChI=1S/C22H18ClN3O7S/c23-15-12-34(32)21-17(24-16(27)11-13-7-3-1-4-8-13)19(28)25(21)18(15)22(29)33-20(26(30)31)14-9-5-2-6-10-14/h1-10,17,20-21H,11-12H2,(H,24,27)/t17?,20?,21-,34?/m1/s1. The molecular weight excluding hydrogens is 486 g/mol. The minimum Gasteiger partial charge on any atom is -0.389 e. The molecule has 1 N–H and O–H groups in total. The third-order valence-electron chi connectivity index (χ3n) is 5.29. The molecule has 10 nitrogen and oxygen atoms in total. The maximum Gasteiger partial charge on any atom is 0.383 e. The molecule has 2 heterocycles. The number of β-lactam (4-membered cyclic amide) rings is 1. The van der Waals surface area contributed by atoms with Gasteiger partial charge in [-0.25, -0.2) is 4.79 Å². The van der Waals surface area contributed by atoms with Gasteiger partial charge in [0.1, 0.15) is 17.1 Å². The average Bonchev–Trinajstić information content (AvgIpc) is 2.81. The van der Waals surface area contributed by atoms with Gasteiger partial charge in [0.2, 0.25) is 5.91 Å². The van der Waals surface area contributed by atoms with Crippen LogP contribution >= 0.6 is 11.6 Å². The second kappa shape index (κ2) is 9.74. The van der Waals surface area contributed by atoms with E-state index in [4.69, 9.17) is 16.3 Å². The van der Waals surface area contributed by atoms with Crippen LogP contribution in [0.5, 0.6) is 0 Å². The first-order valence-electron chi connectivity index (χ1n) is 10.1. The van der Waals surface area contributed by atoms with Crippen LogP contribution in [0.3, 0.4) is 0 Å². The molecule has 2 amide bonds. The molecule has 0 aromatic heterocycles. The molecule has 4 rings (SSSR count). The van der Waals surface area contributed by atoms with E-state index in [-0.39, 0.29) is 22.8 Å². The molecule has 0 radical (unpaired) electrons. The first kappa shape index (κ1) is 23.6. The summed E-state index contributed by atoms with van der Waals surface area (Å²) in [4.78, 5) is 49.7. The van der Waals surface area contributed by atoms with E-state index in [0.717, 1.165) is 10.5 Å². The fourth-order valence-electron chi connectivity index (χ4n) is 3.74. The van der Waals surface area contributed by atoms with Crippen LogP contribution in [0, 0.1) is 10.1 Å². The van der Waals surface area contributed by atoms with Gasteiger partial charge in [-0.2, -0.15) is 0 Å². The molecule has 2 aliphatic rings. The van der Waals surface area contributed by atoms with E-state index in [1.54, 1.807) is 48.5 Å². The third-order valence-corrected chi connectivity index (χ3v) is 7.36. The Morgan fingerprint density at radius 2 is 1.79 bits per heavy atom. The van der Waals surface area contributed by atoms with Crippen molar-refractivity contribution in [2.75, 3.05) is 5.75 Å². The number of nitrogens with zero attached hydrogens (tertiary/aromatic N) is 2. The minimum absolute atomic E-state index is 0.0110. The predicted octanol–water partition coefficient (Wildman–Crippen LogP) is 1.61. The molecule has 4 atom stereocenters. The zero-order chi connectivity index (χ0) is 24.4. The first-order chi connectivity index (χ1) is 16.3. The first-order valence-corrected chi connectivity index (χ1v) is 11.9. The van der Waals surface area contributed by atoms with E-state index in [1.807, 2.05) is 0 Å². The van der Waals surface area contributed by atoms with Crippen molar-refractivity contribution >= 4 is 40.2 Å². The summed E-state index contributed by atoms with van der Waals surface area (Å²) in [7, 11) is -1.71. The molecular formula is C22H18ClN3O7S. The summed E-state index contributed by atoms with van der Waals surface area (Å²) in [5.41, 5.74) is 0.439. The van der Waals surface area contributed by atoms with Crippen LogP contribution in [0.25, 0.3) is 0 Å². The highest BCUT2D eigenvalue weighted by molar-refractivity contribution is 7.86. The number of amides is 2. The average molecular weight is 504 g/mol. The van der Waals surface area contributed by atoms with E-state index < -0.39 is 56.8 Å². The number of ether oxygens (including phenoxy) is 1. The Kier molecular flexibility index (Phi) is 6.75. The topological polar surface area (TPSA) is 136 Å². The molecule has 12 heteroatoms. The lowest BCUT2D eigenvalue weighted by Gasteiger charge is -2.48. The van der Waals surface area contributed by atoms with Gasteiger partial charge in [-0.1, -0.05) is 60.1 Å². The van der Waals surface area contributed by atoms with E-state index in [1.165, 1.54) is 12.1 Å².